The number of rotatable bonds is 5. The Morgan fingerprint density at radius 2 is 1.69 bits per heavy atom. The fourth-order valence-corrected chi connectivity index (χ4v) is 2.91. The minimum absolute atomic E-state index is 0.302. The maximum atomic E-state index is 11.6. The molecule has 0 aliphatic heterocycles. The summed E-state index contributed by atoms with van der Waals surface area (Å²) < 4.78 is 2.07. The molecule has 0 aliphatic rings. The number of aryl methyl sites for hydroxylation is 2. The molecule has 5 heteroatoms. The van der Waals surface area contributed by atoms with E-state index in [-0.39, 0.29) is 5.97 Å². The SMILES string of the molecule is CC.CCC(=O)O/N=C(\Cc1ccccc1C)c1cn(C)c2ccccc12.CN. The molecule has 156 valence electrons. The largest absolute Gasteiger partial charge is 0.350 e. The number of benzene rings is 2. The van der Waals surface area contributed by atoms with Gasteiger partial charge in [0.05, 0.1) is 5.71 Å². The number of nitrogens with two attached hydrogens (primary N) is 1. The fraction of sp³-hybridized carbons (Fsp3) is 0.333. The van der Waals surface area contributed by atoms with Crippen molar-refractivity contribution in [3.05, 3.63) is 71.4 Å². The number of hydrogen-bond donors (Lipinski definition) is 1. The lowest BCUT2D eigenvalue weighted by molar-refractivity contribution is -0.143. The monoisotopic (exact) mass is 395 g/mol. The Balaban J connectivity index is 0.000000989. The van der Waals surface area contributed by atoms with Gasteiger partial charge in [-0.1, -0.05) is 68.4 Å². The first-order valence-electron chi connectivity index (χ1n) is 10.0. The molecular formula is C24H33N3O2. The number of carbonyl (C=O) groups excluding carboxylic acids is 1. The van der Waals surface area contributed by atoms with E-state index in [0.29, 0.717) is 12.8 Å². The number of oxime groups is 1. The predicted octanol–water partition coefficient (Wildman–Crippen LogP) is 4.99. The van der Waals surface area contributed by atoms with Crippen LogP contribution in [0.2, 0.25) is 0 Å². The van der Waals surface area contributed by atoms with Crippen molar-refractivity contribution in [3.8, 4) is 0 Å². The van der Waals surface area contributed by atoms with Crippen LogP contribution < -0.4 is 5.73 Å². The Bertz CT molecular complexity index is 942. The summed E-state index contributed by atoms with van der Waals surface area (Å²) in [6, 6.07) is 16.4. The van der Waals surface area contributed by atoms with Gasteiger partial charge in [-0.05, 0) is 31.2 Å². The smallest absolute Gasteiger partial charge is 0.334 e. The van der Waals surface area contributed by atoms with Gasteiger partial charge in [0.25, 0.3) is 0 Å². The summed E-state index contributed by atoms with van der Waals surface area (Å²) in [6.45, 7) is 7.84. The number of fused-ring (bicyclic) bond motifs is 1. The Kier molecular flexibility index (Phi) is 10.4. The molecule has 0 amide bonds. The van der Waals surface area contributed by atoms with Gasteiger partial charge in [0.1, 0.15) is 0 Å². The van der Waals surface area contributed by atoms with Crippen LogP contribution in [-0.2, 0) is 23.1 Å². The van der Waals surface area contributed by atoms with Gasteiger partial charge < -0.3 is 15.1 Å². The molecule has 0 fully saturated rings. The molecule has 29 heavy (non-hydrogen) atoms. The van der Waals surface area contributed by atoms with E-state index in [1.807, 2.05) is 51.4 Å². The molecule has 0 bridgehead atoms. The van der Waals surface area contributed by atoms with Crippen molar-refractivity contribution >= 4 is 22.6 Å². The number of hydrogen-bond acceptors (Lipinski definition) is 4. The second-order valence-electron chi connectivity index (χ2n) is 6.13. The minimum atomic E-state index is -0.331. The van der Waals surface area contributed by atoms with E-state index in [9.17, 15) is 4.79 Å². The van der Waals surface area contributed by atoms with Crippen LogP contribution in [0.25, 0.3) is 10.9 Å². The van der Waals surface area contributed by atoms with Crippen LogP contribution in [0.5, 0.6) is 0 Å². The maximum Gasteiger partial charge on any atom is 0.334 e. The Morgan fingerprint density at radius 3 is 2.34 bits per heavy atom. The molecule has 2 N–H and O–H groups in total. The van der Waals surface area contributed by atoms with Gasteiger partial charge in [-0.2, -0.15) is 0 Å². The van der Waals surface area contributed by atoms with Crippen LogP contribution in [0.1, 0.15) is 43.9 Å². The molecule has 1 aromatic heterocycles. The van der Waals surface area contributed by atoms with E-state index in [4.69, 9.17) is 4.84 Å². The summed E-state index contributed by atoms with van der Waals surface area (Å²) in [6.07, 6.45) is 2.95. The van der Waals surface area contributed by atoms with Gasteiger partial charge in [-0.3, -0.25) is 0 Å². The van der Waals surface area contributed by atoms with E-state index in [1.54, 1.807) is 6.92 Å². The van der Waals surface area contributed by atoms with Gasteiger partial charge in [-0.25, -0.2) is 4.79 Å². The van der Waals surface area contributed by atoms with Crippen LogP contribution in [-0.4, -0.2) is 23.3 Å². The standard InChI is InChI=1S/C21H22N2O2.C2H6.CH5N/c1-4-21(24)25-22-19(13-16-10-6-5-9-15(16)2)18-14-23(3)20-12-8-7-11-17(18)20;2*1-2/h5-12,14H,4,13H2,1-3H3;1-2H3;2H2,1H3/b22-19+;;. The van der Waals surface area contributed by atoms with Gasteiger partial charge in [0.2, 0.25) is 0 Å². The Morgan fingerprint density at radius 1 is 1.07 bits per heavy atom. The predicted molar refractivity (Wildman–Crippen MR) is 122 cm³/mol. The van der Waals surface area contributed by atoms with Crippen LogP contribution in [0, 0.1) is 6.92 Å². The van der Waals surface area contributed by atoms with E-state index in [1.165, 1.54) is 18.2 Å². The molecule has 0 aliphatic carbocycles. The first kappa shape index (κ1) is 24.1. The lowest BCUT2D eigenvalue weighted by Crippen LogP contribution is -2.09. The van der Waals surface area contributed by atoms with Crippen LogP contribution >= 0.6 is 0 Å². The normalized spacial score (nSPS) is 10.5. The van der Waals surface area contributed by atoms with Crippen molar-refractivity contribution in [2.24, 2.45) is 17.9 Å². The molecule has 0 spiro atoms. The molecule has 1 heterocycles. The van der Waals surface area contributed by atoms with Crippen molar-refractivity contribution in [2.45, 2.75) is 40.5 Å². The van der Waals surface area contributed by atoms with E-state index in [2.05, 4.69) is 46.6 Å². The Labute approximate surface area is 174 Å². The van der Waals surface area contributed by atoms with Crippen molar-refractivity contribution < 1.29 is 9.63 Å². The highest BCUT2D eigenvalue weighted by Gasteiger charge is 2.15. The van der Waals surface area contributed by atoms with E-state index < -0.39 is 0 Å². The Hall–Kier alpha value is -2.92. The third kappa shape index (κ3) is 6.29. The first-order chi connectivity index (χ1) is 14.1. The molecule has 2 aromatic carbocycles. The summed E-state index contributed by atoms with van der Waals surface area (Å²) in [5.74, 6) is -0.331. The van der Waals surface area contributed by atoms with E-state index in [0.717, 1.165) is 22.2 Å². The van der Waals surface area contributed by atoms with Crippen molar-refractivity contribution in [2.75, 3.05) is 7.05 Å². The number of aromatic nitrogens is 1. The second-order valence-corrected chi connectivity index (χ2v) is 6.13. The average Bonchev–Trinajstić information content (AvgIpc) is 3.11. The highest BCUT2D eigenvalue weighted by molar-refractivity contribution is 6.11. The van der Waals surface area contributed by atoms with Gasteiger partial charge in [0.15, 0.2) is 0 Å². The number of carbonyl (C=O) groups is 1. The molecule has 0 unspecified atom stereocenters. The lowest BCUT2D eigenvalue weighted by atomic mass is 9.98. The van der Waals surface area contributed by atoms with Gasteiger partial charge in [-0.15, -0.1) is 0 Å². The third-order valence-corrected chi connectivity index (χ3v) is 4.37. The van der Waals surface area contributed by atoms with Gasteiger partial charge in [0, 0.05) is 42.6 Å². The highest BCUT2D eigenvalue weighted by Crippen LogP contribution is 2.23. The van der Waals surface area contributed by atoms with Crippen LogP contribution in [0.4, 0.5) is 0 Å². The molecular weight excluding hydrogens is 362 g/mol. The van der Waals surface area contributed by atoms with E-state index >= 15 is 0 Å². The number of nitrogens with zero attached hydrogens (tertiary/aromatic N) is 2. The molecule has 3 aromatic rings. The fourth-order valence-electron chi connectivity index (χ4n) is 2.91. The van der Waals surface area contributed by atoms with Crippen molar-refractivity contribution in [1.82, 2.24) is 4.57 Å². The molecule has 0 radical (unpaired) electrons. The summed E-state index contributed by atoms with van der Waals surface area (Å²) >= 11 is 0. The zero-order valence-corrected chi connectivity index (χ0v) is 18.4. The first-order valence-corrected chi connectivity index (χ1v) is 10.0. The summed E-state index contributed by atoms with van der Waals surface area (Å²) in [7, 11) is 3.51. The summed E-state index contributed by atoms with van der Waals surface area (Å²) in [5, 5.41) is 5.32. The summed E-state index contributed by atoms with van der Waals surface area (Å²) in [5.41, 5.74) is 9.73. The average molecular weight is 396 g/mol. The highest BCUT2D eigenvalue weighted by atomic mass is 16.7. The molecule has 5 nitrogen and oxygen atoms in total. The zero-order chi connectivity index (χ0) is 21.8. The van der Waals surface area contributed by atoms with Crippen molar-refractivity contribution in [1.29, 1.82) is 0 Å². The zero-order valence-electron chi connectivity index (χ0n) is 18.4. The number of para-hydroxylation sites is 1. The second kappa shape index (κ2) is 12.5. The summed E-state index contributed by atoms with van der Waals surface area (Å²) in [4.78, 5) is 16.7. The molecule has 3 rings (SSSR count). The molecule has 0 atom stereocenters. The molecule has 0 saturated carbocycles. The van der Waals surface area contributed by atoms with Crippen molar-refractivity contribution in [3.63, 3.8) is 0 Å². The topological polar surface area (TPSA) is 69.6 Å². The maximum absolute atomic E-state index is 11.6. The van der Waals surface area contributed by atoms with Crippen LogP contribution in [0.15, 0.2) is 59.9 Å². The third-order valence-electron chi connectivity index (χ3n) is 4.37. The minimum Gasteiger partial charge on any atom is -0.350 e. The van der Waals surface area contributed by atoms with Gasteiger partial charge >= 0.3 is 5.97 Å². The lowest BCUT2D eigenvalue weighted by Gasteiger charge is -2.08. The van der Waals surface area contributed by atoms with Crippen LogP contribution in [0.3, 0.4) is 0 Å². The quantitative estimate of drug-likeness (QED) is 0.376. The molecule has 0 saturated heterocycles.